The number of nitrogens with zero attached hydrogens (tertiary/aromatic N) is 2. The van der Waals surface area contributed by atoms with Crippen LogP contribution in [-0.2, 0) is 4.79 Å². The molecule has 1 aromatic heterocycles. The Morgan fingerprint density at radius 1 is 1.63 bits per heavy atom. The summed E-state index contributed by atoms with van der Waals surface area (Å²) in [6.45, 7) is 5.73. The number of nitrogens with one attached hydrogen (secondary N) is 1. The topological polar surface area (TPSA) is 82.2 Å². The van der Waals surface area contributed by atoms with E-state index < -0.39 is 0 Å². The minimum absolute atomic E-state index is 0.0181. The number of hydrogen-bond acceptors (Lipinski definition) is 5. The van der Waals surface area contributed by atoms with E-state index in [4.69, 9.17) is 11.0 Å². The van der Waals surface area contributed by atoms with Gasteiger partial charge in [-0.15, -0.1) is 11.3 Å². The molecule has 0 aliphatic rings. The molecule has 3 N–H and O–H groups in total. The van der Waals surface area contributed by atoms with Crippen molar-refractivity contribution in [1.82, 2.24) is 4.90 Å². The van der Waals surface area contributed by atoms with Gasteiger partial charge in [-0.25, -0.2) is 0 Å². The quantitative estimate of drug-likeness (QED) is 0.827. The Kier molecular flexibility index (Phi) is 5.48. The van der Waals surface area contributed by atoms with Crippen molar-refractivity contribution in [2.24, 2.45) is 11.1 Å². The van der Waals surface area contributed by atoms with E-state index in [9.17, 15) is 4.79 Å². The second kappa shape index (κ2) is 6.66. The fourth-order valence-electron chi connectivity index (χ4n) is 1.76. The summed E-state index contributed by atoms with van der Waals surface area (Å²) in [7, 11) is 1.89. The summed E-state index contributed by atoms with van der Waals surface area (Å²) >= 11 is 1.35. The van der Waals surface area contributed by atoms with Crippen LogP contribution in [0.1, 0.15) is 19.4 Å². The Hall–Kier alpha value is -1.42. The number of rotatable bonds is 6. The summed E-state index contributed by atoms with van der Waals surface area (Å²) in [5.74, 6) is -0.116. The third kappa shape index (κ3) is 4.99. The number of nitriles is 1. The van der Waals surface area contributed by atoms with Crippen molar-refractivity contribution in [2.75, 3.05) is 32.0 Å². The largest absolute Gasteiger partial charge is 0.330 e. The molecule has 0 aliphatic heterocycles. The maximum atomic E-state index is 11.9. The van der Waals surface area contributed by atoms with Crippen molar-refractivity contribution in [3.63, 3.8) is 0 Å². The molecular formula is C13H20N4OS. The van der Waals surface area contributed by atoms with Crippen LogP contribution in [0.25, 0.3) is 0 Å². The average molecular weight is 280 g/mol. The van der Waals surface area contributed by atoms with E-state index in [0.29, 0.717) is 17.1 Å². The molecule has 19 heavy (non-hydrogen) atoms. The number of likely N-dealkylation sites (N-methyl/N-ethyl adjacent to an activating group) is 1. The fraction of sp³-hybridized carbons (Fsp3) is 0.538. The van der Waals surface area contributed by atoms with Crippen LogP contribution in [0.4, 0.5) is 5.00 Å². The number of carbonyl (C=O) groups excluding carboxylic acids is 1. The van der Waals surface area contributed by atoms with E-state index in [2.05, 4.69) is 19.2 Å². The maximum Gasteiger partial charge on any atom is 0.239 e. The number of anilines is 1. The first-order valence-corrected chi connectivity index (χ1v) is 6.92. The standard InChI is InChI=1S/C13H20N4OS/c1-13(2,8-15)9-17(3)7-11(18)16-12-10(6-14)4-5-19-12/h4-5H,7-9,15H2,1-3H3,(H,16,18). The molecule has 0 atom stereocenters. The molecule has 5 nitrogen and oxygen atoms in total. The monoisotopic (exact) mass is 280 g/mol. The Balaban J connectivity index is 2.50. The van der Waals surface area contributed by atoms with Crippen molar-refractivity contribution in [2.45, 2.75) is 13.8 Å². The van der Waals surface area contributed by atoms with E-state index in [1.54, 1.807) is 11.4 Å². The van der Waals surface area contributed by atoms with Crippen molar-refractivity contribution in [3.05, 3.63) is 17.0 Å². The zero-order valence-corrected chi connectivity index (χ0v) is 12.4. The Bertz CT molecular complexity index is 475. The number of carbonyl (C=O) groups is 1. The number of amides is 1. The SMILES string of the molecule is CN(CC(=O)Nc1sccc1C#N)CC(C)(C)CN. The van der Waals surface area contributed by atoms with Crippen molar-refractivity contribution < 1.29 is 4.79 Å². The molecular weight excluding hydrogens is 260 g/mol. The summed E-state index contributed by atoms with van der Waals surface area (Å²) in [5.41, 5.74) is 6.16. The third-order valence-electron chi connectivity index (χ3n) is 2.70. The van der Waals surface area contributed by atoms with Crippen molar-refractivity contribution in [1.29, 1.82) is 5.26 Å². The molecule has 0 bridgehead atoms. The molecule has 0 aliphatic carbocycles. The van der Waals surface area contributed by atoms with Gasteiger partial charge in [0.05, 0.1) is 12.1 Å². The zero-order chi connectivity index (χ0) is 14.5. The lowest BCUT2D eigenvalue weighted by Crippen LogP contribution is -2.40. The molecule has 0 fully saturated rings. The van der Waals surface area contributed by atoms with Crippen LogP contribution in [0.2, 0.25) is 0 Å². The molecule has 1 rings (SSSR count). The first-order valence-electron chi connectivity index (χ1n) is 6.04. The van der Waals surface area contributed by atoms with Gasteiger partial charge in [0, 0.05) is 6.54 Å². The molecule has 1 amide bonds. The van der Waals surface area contributed by atoms with Gasteiger partial charge < -0.3 is 11.1 Å². The van der Waals surface area contributed by atoms with Crippen LogP contribution in [0, 0.1) is 16.7 Å². The normalized spacial score (nSPS) is 11.4. The van der Waals surface area contributed by atoms with Crippen molar-refractivity contribution >= 4 is 22.2 Å². The highest BCUT2D eigenvalue weighted by Crippen LogP contribution is 2.22. The maximum absolute atomic E-state index is 11.9. The predicted octanol–water partition coefficient (Wildman–Crippen LogP) is 1.47. The van der Waals surface area contributed by atoms with Crippen LogP contribution >= 0.6 is 11.3 Å². The van der Waals surface area contributed by atoms with Gasteiger partial charge in [-0.3, -0.25) is 9.69 Å². The highest BCUT2D eigenvalue weighted by atomic mass is 32.1. The summed E-state index contributed by atoms with van der Waals surface area (Å²) in [4.78, 5) is 13.8. The van der Waals surface area contributed by atoms with Gasteiger partial charge >= 0.3 is 0 Å². The molecule has 0 radical (unpaired) electrons. The highest BCUT2D eigenvalue weighted by Gasteiger charge is 2.19. The number of nitrogens with two attached hydrogens (primary N) is 1. The van der Waals surface area contributed by atoms with Gasteiger partial charge in [-0.2, -0.15) is 5.26 Å². The number of thiophene rings is 1. The van der Waals surface area contributed by atoms with Crippen LogP contribution in [-0.4, -0.2) is 37.5 Å². The molecule has 1 heterocycles. The van der Waals surface area contributed by atoms with Crippen LogP contribution < -0.4 is 11.1 Å². The van der Waals surface area contributed by atoms with Gasteiger partial charge in [-0.1, -0.05) is 13.8 Å². The lowest BCUT2D eigenvalue weighted by Gasteiger charge is -2.28. The zero-order valence-electron chi connectivity index (χ0n) is 11.6. The minimum atomic E-state index is -0.116. The second-order valence-electron chi connectivity index (χ2n) is 5.36. The smallest absolute Gasteiger partial charge is 0.239 e. The summed E-state index contributed by atoms with van der Waals surface area (Å²) < 4.78 is 0. The fourth-order valence-corrected chi connectivity index (χ4v) is 2.51. The van der Waals surface area contributed by atoms with Gasteiger partial charge in [-0.05, 0) is 30.5 Å². The molecule has 0 saturated heterocycles. The van der Waals surface area contributed by atoms with E-state index in [1.165, 1.54) is 11.3 Å². The molecule has 1 aromatic rings. The van der Waals surface area contributed by atoms with E-state index >= 15 is 0 Å². The van der Waals surface area contributed by atoms with Crippen molar-refractivity contribution in [3.8, 4) is 6.07 Å². The summed E-state index contributed by atoms with van der Waals surface area (Å²) in [6, 6.07) is 3.74. The first-order chi connectivity index (χ1) is 8.88. The average Bonchev–Trinajstić information content (AvgIpc) is 2.75. The van der Waals surface area contributed by atoms with Gasteiger partial charge in [0.15, 0.2) is 0 Å². The highest BCUT2D eigenvalue weighted by molar-refractivity contribution is 7.14. The minimum Gasteiger partial charge on any atom is -0.330 e. The number of hydrogen-bond donors (Lipinski definition) is 2. The molecule has 0 saturated carbocycles. The third-order valence-corrected chi connectivity index (χ3v) is 3.53. The lowest BCUT2D eigenvalue weighted by molar-refractivity contribution is -0.117. The lowest BCUT2D eigenvalue weighted by atomic mass is 9.93. The molecule has 0 unspecified atom stereocenters. The first kappa shape index (κ1) is 15.6. The Morgan fingerprint density at radius 2 is 2.32 bits per heavy atom. The predicted molar refractivity (Wildman–Crippen MR) is 78.0 cm³/mol. The van der Waals surface area contributed by atoms with Crippen LogP contribution in [0.5, 0.6) is 0 Å². The molecule has 0 aromatic carbocycles. The molecule has 0 spiro atoms. The molecule has 6 heteroatoms. The summed E-state index contributed by atoms with van der Waals surface area (Å²) in [6.07, 6.45) is 0. The van der Waals surface area contributed by atoms with E-state index in [-0.39, 0.29) is 17.9 Å². The Labute approximate surface area is 118 Å². The second-order valence-corrected chi connectivity index (χ2v) is 6.28. The van der Waals surface area contributed by atoms with E-state index in [1.807, 2.05) is 18.0 Å². The van der Waals surface area contributed by atoms with E-state index in [0.717, 1.165) is 6.54 Å². The van der Waals surface area contributed by atoms with Crippen LogP contribution in [0.15, 0.2) is 11.4 Å². The van der Waals surface area contributed by atoms with Gasteiger partial charge in [0.2, 0.25) is 5.91 Å². The molecule has 104 valence electrons. The van der Waals surface area contributed by atoms with Gasteiger partial charge in [0.1, 0.15) is 11.1 Å². The summed E-state index contributed by atoms with van der Waals surface area (Å²) in [5, 5.41) is 14.0. The van der Waals surface area contributed by atoms with Gasteiger partial charge in [0.25, 0.3) is 0 Å². The van der Waals surface area contributed by atoms with Crippen LogP contribution in [0.3, 0.4) is 0 Å². The Morgan fingerprint density at radius 3 is 2.89 bits per heavy atom.